The van der Waals surface area contributed by atoms with Crippen LogP contribution in [0.2, 0.25) is 0 Å². The molecule has 0 aliphatic carbocycles. The molecule has 0 radical (unpaired) electrons. The highest BCUT2D eigenvalue weighted by Gasteiger charge is 2.22. The lowest BCUT2D eigenvalue weighted by Gasteiger charge is -2.11. The fourth-order valence-corrected chi connectivity index (χ4v) is 3.94. The molecule has 2 aromatic carbocycles. The van der Waals surface area contributed by atoms with Crippen molar-refractivity contribution in [2.24, 2.45) is 5.92 Å². The third kappa shape index (κ3) is 6.37. The number of hydrogen-bond donors (Lipinski definition) is 3. The zero-order valence-electron chi connectivity index (χ0n) is 22.1. The van der Waals surface area contributed by atoms with Crippen molar-refractivity contribution in [3.63, 3.8) is 0 Å². The highest BCUT2D eigenvalue weighted by Crippen LogP contribution is 2.26. The number of ether oxygens (including phenoxy) is 1. The van der Waals surface area contributed by atoms with E-state index in [-0.39, 0.29) is 6.61 Å². The molecule has 4 rings (SSSR count). The predicted molar refractivity (Wildman–Crippen MR) is 152 cm³/mol. The van der Waals surface area contributed by atoms with Crippen LogP contribution in [0.25, 0.3) is 28.4 Å². The SMILES string of the molecule is CCOC(=O)c1cc(-c2ccc(/C=C/C(C(=O)O)C(=O)O)[nH]2)nc2ccc(C#Cc3ccc(N(C)C)cc3)cc12. The fourth-order valence-electron chi connectivity index (χ4n) is 3.94. The largest absolute Gasteiger partial charge is 0.480 e. The first-order valence-electron chi connectivity index (χ1n) is 12.4. The Kier molecular flexibility index (Phi) is 8.30. The van der Waals surface area contributed by atoms with Crippen molar-refractivity contribution in [2.75, 3.05) is 25.6 Å². The first kappa shape index (κ1) is 27.7. The summed E-state index contributed by atoms with van der Waals surface area (Å²) in [5.74, 6) is 1.20. The van der Waals surface area contributed by atoms with Gasteiger partial charge in [0.2, 0.25) is 0 Å². The highest BCUT2D eigenvalue weighted by molar-refractivity contribution is 6.05. The van der Waals surface area contributed by atoms with Crippen LogP contribution in [0.1, 0.15) is 34.1 Å². The lowest BCUT2D eigenvalue weighted by atomic mass is 10.0. The van der Waals surface area contributed by atoms with E-state index in [2.05, 4.69) is 16.8 Å². The van der Waals surface area contributed by atoms with Crippen LogP contribution in [0.5, 0.6) is 0 Å². The summed E-state index contributed by atoms with van der Waals surface area (Å²) < 4.78 is 5.30. The minimum atomic E-state index is -1.67. The van der Waals surface area contributed by atoms with Gasteiger partial charge in [-0.15, -0.1) is 0 Å². The molecule has 4 aromatic rings. The normalized spacial score (nSPS) is 10.9. The Morgan fingerprint density at radius 3 is 2.30 bits per heavy atom. The van der Waals surface area contributed by atoms with Crippen molar-refractivity contribution in [3.8, 4) is 23.2 Å². The Balaban J connectivity index is 1.69. The predicted octanol–water partition coefficient (Wildman–Crippen LogP) is 4.67. The van der Waals surface area contributed by atoms with Gasteiger partial charge in [-0.2, -0.15) is 0 Å². The van der Waals surface area contributed by atoms with Gasteiger partial charge in [0.25, 0.3) is 0 Å². The monoisotopic (exact) mass is 537 g/mol. The molecule has 9 nitrogen and oxygen atoms in total. The Hall–Kier alpha value is -5.36. The van der Waals surface area contributed by atoms with Gasteiger partial charge in [0, 0.05) is 42.0 Å². The van der Waals surface area contributed by atoms with Crippen LogP contribution in [0.3, 0.4) is 0 Å². The van der Waals surface area contributed by atoms with E-state index in [1.165, 1.54) is 6.08 Å². The number of carboxylic acid groups (broad SMARTS) is 2. The van der Waals surface area contributed by atoms with Crippen LogP contribution in [-0.2, 0) is 14.3 Å². The van der Waals surface area contributed by atoms with Crippen LogP contribution in [0.15, 0.2) is 66.7 Å². The number of hydrogen-bond acceptors (Lipinski definition) is 6. The van der Waals surface area contributed by atoms with E-state index in [0.29, 0.717) is 39.1 Å². The molecule has 2 aromatic heterocycles. The van der Waals surface area contributed by atoms with E-state index in [1.54, 1.807) is 37.3 Å². The molecule has 0 atom stereocenters. The number of aromatic nitrogens is 2. The van der Waals surface area contributed by atoms with Crippen molar-refractivity contribution in [1.82, 2.24) is 9.97 Å². The lowest BCUT2D eigenvalue weighted by Crippen LogP contribution is -2.20. The minimum Gasteiger partial charge on any atom is -0.480 e. The van der Waals surface area contributed by atoms with Gasteiger partial charge in [-0.25, -0.2) is 9.78 Å². The number of nitrogens with one attached hydrogen (secondary N) is 1. The van der Waals surface area contributed by atoms with Gasteiger partial charge in [-0.3, -0.25) is 9.59 Å². The number of carboxylic acids is 2. The summed E-state index contributed by atoms with van der Waals surface area (Å²) in [7, 11) is 3.95. The average molecular weight is 538 g/mol. The number of carbonyl (C=O) groups is 3. The number of benzene rings is 2. The second kappa shape index (κ2) is 12.0. The first-order chi connectivity index (χ1) is 19.2. The maximum absolute atomic E-state index is 12.9. The summed E-state index contributed by atoms with van der Waals surface area (Å²) in [6, 6.07) is 18.3. The molecule has 0 aliphatic rings. The number of aliphatic carboxylic acids is 2. The maximum Gasteiger partial charge on any atom is 0.338 e. The molecule has 40 heavy (non-hydrogen) atoms. The first-order valence-corrected chi connectivity index (χ1v) is 12.4. The van der Waals surface area contributed by atoms with Crippen LogP contribution in [-0.4, -0.2) is 58.8 Å². The summed E-state index contributed by atoms with van der Waals surface area (Å²) >= 11 is 0. The number of H-pyrrole nitrogens is 1. The summed E-state index contributed by atoms with van der Waals surface area (Å²) in [4.78, 5) is 45.0. The molecule has 0 fully saturated rings. The summed E-state index contributed by atoms with van der Waals surface area (Å²) in [5, 5.41) is 18.7. The number of fused-ring (bicyclic) bond motifs is 1. The van der Waals surface area contributed by atoms with Crippen LogP contribution in [0, 0.1) is 17.8 Å². The molecule has 0 amide bonds. The fraction of sp³-hybridized carbons (Fsp3) is 0.161. The van der Waals surface area contributed by atoms with Gasteiger partial charge in [-0.1, -0.05) is 17.9 Å². The summed E-state index contributed by atoms with van der Waals surface area (Å²) in [5.41, 5.74) is 5.03. The second-order valence-corrected chi connectivity index (χ2v) is 9.04. The quantitative estimate of drug-likeness (QED) is 0.168. The molecule has 202 valence electrons. The number of nitrogens with zero attached hydrogens (tertiary/aromatic N) is 2. The Morgan fingerprint density at radius 2 is 1.65 bits per heavy atom. The van der Waals surface area contributed by atoms with Gasteiger partial charge < -0.3 is 24.8 Å². The summed E-state index contributed by atoms with van der Waals surface area (Å²) in [6.45, 7) is 1.93. The Bertz CT molecular complexity index is 1660. The molecule has 9 heteroatoms. The molecule has 0 saturated heterocycles. The zero-order chi connectivity index (χ0) is 28.8. The Labute approximate surface area is 230 Å². The number of rotatable bonds is 8. The molecule has 0 saturated carbocycles. The lowest BCUT2D eigenvalue weighted by molar-refractivity contribution is -0.151. The van der Waals surface area contributed by atoms with Crippen molar-refractivity contribution in [1.29, 1.82) is 0 Å². The molecular formula is C31H27N3O6. The van der Waals surface area contributed by atoms with E-state index in [1.807, 2.05) is 49.3 Å². The van der Waals surface area contributed by atoms with Crippen LogP contribution in [0.4, 0.5) is 5.69 Å². The topological polar surface area (TPSA) is 133 Å². The minimum absolute atomic E-state index is 0.201. The van der Waals surface area contributed by atoms with Gasteiger partial charge in [0.05, 0.1) is 29.1 Å². The van der Waals surface area contributed by atoms with Crippen molar-refractivity contribution < 1.29 is 29.3 Å². The van der Waals surface area contributed by atoms with Gasteiger partial charge in [-0.05, 0) is 73.7 Å². The number of pyridine rings is 1. The summed E-state index contributed by atoms with van der Waals surface area (Å²) in [6.07, 6.45) is 2.46. The van der Waals surface area contributed by atoms with Gasteiger partial charge >= 0.3 is 17.9 Å². The molecule has 3 N–H and O–H groups in total. The number of aromatic amines is 1. The second-order valence-electron chi connectivity index (χ2n) is 9.04. The van der Waals surface area contributed by atoms with Gasteiger partial charge in [0.15, 0.2) is 5.92 Å². The molecule has 2 heterocycles. The number of esters is 1. The molecule has 0 aliphatic heterocycles. The van der Waals surface area contributed by atoms with Crippen molar-refractivity contribution in [2.45, 2.75) is 6.92 Å². The third-order valence-electron chi connectivity index (χ3n) is 6.02. The number of carbonyl (C=O) groups excluding carboxylic acids is 1. The smallest absolute Gasteiger partial charge is 0.338 e. The van der Waals surface area contributed by atoms with Gasteiger partial charge in [0.1, 0.15) is 0 Å². The van der Waals surface area contributed by atoms with E-state index in [0.717, 1.165) is 17.3 Å². The van der Waals surface area contributed by atoms with Crippen LogP contribution < -0.4 is 4.90 Å². The molecule has 0 bridgehead atoms. The maximum atomic E-state index is 12.9. The van der Waals surface area contributed by atoms with E-state index < -0.39 is 23.8 Å². The molecule has 0 spiro atoms. The average Bonchev–Trinajstić information content (AvgIpc) is 3.40. The Morgan fingerprint density at radius 1 is 0.975 bits per heavy atom. The standard InChI is InChI=1S/C31H27N3O6/c1-4-40-31(39)25-18-28(27-16-11-21(32-27)10-14-23(29(35)36)30(37)38)33-26-15-9-20(17-24(25)26)6-5-19-7-12-22(13-8-19)34(2)3/h7-18,23,32H,4H2,1-3H3,(H,35,36)(H,37,38)/b14-10+. The van der Waals surface area contributed by atoms with E-state index >= 15 is 0 Å². The van der Waals surface area contributed by atoms with E-state index in [9.17, 15) is 14.4 Å². The highest BCUT2D eigenvalue weighted by atomic mass is 16.5. The molecule has 0 unspecified atom stereocenters. The van der Waals surface area contributed by atoms with Crippen LogP contribution >= 0.6 is 0 Å². The molecular weight excluding hydrogens is 510 g/mol. The van der Waals surface area contributed by atoms with Crippen molar-refractivity contribution in [3.05, 3.63) is 89.1 Å². The zero-order valence-corrected chi connectivity index (χ0v) is 22.1. The van der Waals surface area contributed by atoms with Crippen molar-refractivity contribution >= 4 is 40.6 Å². The van der Waals surface area contributed by atoms with E-state index in [4.69, 9.17) is 19.9 Å². The third-order valence-corrected chi connectivity index (χ3v) is 6.02. The number of anilines is 1.